The molecule has 0 amide bonds. The van der Waals surface area contributed by atoms with Crippen molar-refractivity contribution < 1.29 is 14.6 Å². The summed E-state index contributed by atoms with van der Waals surface area (Å²) in [5.74, 6) is -0.679. The molecule has 0 fully saturated rings. The molecule has 1 N–H and O–H groups in total. The highest BCUT2D eigenvalue weighted by molar-refractivity contribution is 5.66. The van der Waals surface area contributed by atoms with Gasteiger partial charge in [0.25, 0.3) is 0 Å². The van der Waals surface area contributed by atoms with Gasteiger partial charge in [-0.1, -0.05) is 6.92 Å². The third-order valence-corrected chi connectivity index (χ3v) is 1.32. The second-order valence-corrected chi connectivity index (χ2v) is 4.13. The van der Waals surface area contributed by atoms with Gasteiger partial charge in [-0.2, -0.15) is 0 Å². The van der Waals surface area contributed by atoms with E-state index in [4.69, 9.17) is 9.84 Å². The van der Waals surface area contributed by atoms with Crippen molar-refractivity contribution in [2.45, 2.75) is 39.7 Å². The first-order chi connectivity index (χ1) is 5.31. The zero-order valence-electron chi connectivity index (χ0n) is 8.26. The van der Waals surface area contributed by atoms with E-state index in [1.807, 2.05) is 27.7 Å². The van der Waals surface area contributed by atoms with Crippen LogP contribution in [0.3, 0.4) is 0 Å². The minimum absolute atomic E-state index is 0.0849. The Labute approximate surface area is 73.7 Å². The third kappa shape index (κ3) is 7.54. The summed E-state index contributed by atoms with van der Waals surface area (Å²) in [5, 5.41) is 8.46. The molecule has 0 aliphatic rings. The molecule has 0 aromatic heterocycles. The predicted molar refractivity (Wildman–Crippen MR) is 47.1 cm³/mol. The van der Waals surface area contributed by atoms with Gasteiger partial charge in [-0.25, -0.2) is 0 Å². The topological polar surface area (TPSA) is 46.5 Å². The van der Waals surface area contributed by atoms with Gasteiger partial charge in [-0.05, 0) is 26.7 Å². The van der Waals surface area contributed by atoms with Crippen LogP contribution in [0.1, 0.15) is 34.1 Å². The van der Waals surface area contributed by atoms with Gasteiger partial charge < -0.3 is 9.84 Å². The van der Waals surface area contributed by atoms with Crippen molar-refractivity contribution in [3.63, 3.8) is 0 Å². The SMILES string of the molecule is CC(COC(C)(C)C)CC(=O)O. The highest BCUT2D eigenvalue weighted by Crippen LogP contribution is 2.11. The van der Waals surface area contributed by atoms with Crippen LogP contribution in [0.25, 0.3) is 0 Å². The minimum atomic E-state index is -0.764. The molecule has 0 aromatic carbocycles. The molecule has 0 aromatic rings. The van der Waals surface area contributed by atoms with E-state index in [9.17, 15) is 4.79 Å². The Bertz CT molecular complexity index is 146. The van der Waals surface area contributed by atoms with E-state index in [2.05, 4.69) is 0 Å². The molecule has 0 radical (unpaired) electrons. The molecule has 1 atom stereocenters. The van der Waals surface area contributed by atoms with Crippen LogP contribution in [0.2, 0.25) is 0 Å². The number of hydrogen-bond donors (Lipinski definition) is 1. The van der Waals surface area contributed by atoms with E-state index in [0.717, 1.165) is 0 Å². The fourth-order valence-corrected chi connectivity index (χ4v) is 0.749. The molecule has 1 unspecified atom stereocenters. The Kier molecular flexibility index (Phi) is 4.24. The van der Waals surface area contributed by atoms with Crippen LogP contribution in [-0.4, -0.2) is 23.3 Å². The number of rotatable bonds is 4. The van der Waals surface area contributed by atoms with Crippen molar-refractivity contribution in [1.29, 1.82) is 0 Å². The summed E-state index contributed by atoms with van der Waals surface area (Å²) >= 11 is 0. The molecule has 0 aliphatic carbocycles. The second kappa shape index (κ2) is 4.45. The van der Waals surface area contributed by atoms with Crippen LogP contribution in [0, 0.1) is 5.92 Å². The van der Waals surface area contributed by atoms with Gasteiger partial charge in [0, 0.05) is 0 Å². The molecule has 72 valence electrons. The fourth-order valence-electron chi connectivity index (χ4n) is 0.749. The molecule has 0 aliphatic heterocycles. The third-order valence-electron chi connectivity index (χ3n) is 1.32. The van der Waals surface area contributed by atoms with Gasteiger partial charge in [0.15, 0.2) is 0 Å². The zero-order chi connectivity index (χ0) is 9.78. The molecular weight excluding hydrogens is 156 g/mol. The van der Waals surface area contributed by atoms with Crippen LogP contribution in [0.15, 0.2) is 0 Å². The summed E-state index contributed by atoms with van der Waals surface area (Å²) in [7, 11) is 0. The Balaban J connectivity index is 3.57. The molecule has 3 heteroatoms. The van der Waals surface area contributed by atoms with Gasteiger partial charge in [-0.3, -0.25) is 4.79 Å². The van der Waals surface area contributed by atoms with E-state index in [1.54, 1.807) is 0 Å². The summed E-state index contributed by atoms with van der Waals surface area (Å²) in [6.45, 7) is 8.26. The maximum Gasteiger partial charge on any atom is 0.303 e. The van der Waals surface area contributed by atoms with Crippen molar-refractivity contribution in [2.75, 3.05) is 6.61 Å². The van der Waals surface area contributed by atoms with Crippen molar-refractivity contribution in [3.05, 3.63) is 0 Å². The summed E-state index contributed by atoms with van der Waals surface area (Å²) < 4.78 is 5.43. The Morgan fingerprint density at radius 1 is 1.50 bits per heavy atom. The summed E-state index contributed by atoms with van der Waals surface area (Å²) in [4.78, 5) is 10.3. The first kappa shape index (κ1) is 11.4. The number of ether oxygens (including phenoxy) is 1. The quantitative estimate of drug-likeness (QED) is 0.708. The van der Waals surface area contributed by atoms with Crippen LogP contribution >= 0.6 is 0 Å². The van der Waals surface area contributed by atoms with Crippen molar-refractivity contribution >= 4 is 5.97 Å². The van der Waals surface area contributed by atoms with Crippen molar-refractivity contribution in [2.24, 2.45) is 5.92 Å². The number of carbonyl (C=O) groups is 1. The van der Waals surface area contributed by atoms with Gasteiger partial charge in [0.1, 0.15) is 0 Å². The average Bonchev–Trinajstić information content (AvgIpc) is 1.80. The Morgan fingerprint density at radius 3 is 2.33 bits per heavy atom. The van der Waals surface area contributed by atoms with Crippen molar-refractivity contribution in [1.82, 2.24) is 0 Å². The number of hydrogen-bond acceptors (Lipinski definition) is 2. The van der Waals surface area contributed by atoms with Gasteiger partial charge in [0.2, 0.25) is 0 Å². The molecule has 0 saturated heterocycles. The lowest BCUT2D eigenvalue weighted by Gasteiger charge is -2.21. The molecule has 12 heavy (non-hydrogen) atoms. The molecule has 0 spiro atoms. The average molecular weight is 174 g/mol. The van der Waals surface area contributed by atoms with Crippen molar-refractivity contribution in [3.8, 4) is 0 Å². The maximum absolute atomic E-state index is 10.3. The highest BCUT2D eigenvalue weighted by atomic mass is 16.5. The van der Waals surface area contributed by atoms with Gasteiger partial charge >= 0.3 is 5.97 Å². The Morgan fingerprint density at radius 2 is 2.00 bits per heavy atom. The maximum atomic E-state index is 10.3. The molecule has 0 saturated carbocycles. The zero-order valence-corrected chi connectivity index (χ0v) is 8.26. The lowest BCUT2D eigenvalue weighted by Crippen LogP contribution is -2.23. The van der Waals surface area contributed by atoms with E-state index >= 15 is 0 Å². The first-order valence-corrected chi connectivity index (χ1v) is 4.17. The molecule has 0 bridgehead atoms. The standard InChI is InChI=1S/C9H18O3/c1-7(5-8(10)11)6-12-9(2,3)4/h7H,5-6H2,1-4H3,(H,10,11). The van der Waals surface area contributed by atoms with Gasteiger partial charge in [0.05, 0.1) is 18.6 Å². The second-order valence-electron chi connectivity index (χ2n) is 4.13. The van der Waals surface area contributed by atoms with Gasteiger partial charge in [-0.15, -0.1) is 0 Å². The number of aliphatic carboxylic acids is 1. The first-order valence-electron chi connectivity index (χ1n) is 4.17. The lowest BCUT2D eigenvalue weighted by atomic mass is 10.1. The molecule has 0 rings (SSSR count). The number of carboxylic acid groups (broad SMARTS) is 1. The predicted octanol–water partition coefficient (Wildman–Crippen LogP) is 1.91. The molecule has 3 nitrogen and oxygen atoms in total. The largest absolute Gasteiger partial charge is 0.481 e. The van der Waals surface area contributed by atoms with E-state index in [1.165, 1.54) is 0 Å². The monoisotopic (exact) mass is 174 g/mol. The van der Waals surface area contributed by atoms with E-state index < -0.39 is 5.97 Å². The summed E-state index contributed by atoms with van der Waals surface area (Å²) in [6.07, 6.45) is 0.177. The molecule has 0 heterocycles. The van der Waals surface area contributed by atoms with E-state index in [-0.39, 0.29) is 17.9 Å². The summed E-state index contributed by atoms with van der Waals surface area (Å²) in [5.41, 5.74) is -0.174. The van der Waals surface area contributed by atoms with Crippen LogP contribution in [0.4, 0.5) is 0 Å². The Hall–Kier alpha value is -0.570. The summed E-state index contributed by atoms with van der Waals surface area (Å²) in [6, 6.07) is 0. The number of carboxylic acids is 1. The smallest absolute Gasteiger partial charge is 0.303 e. The van der Waals surface area contributed by atoms with Crippen LogP contribution < -0.4 is 0 Å². The normalized spacial score (nSPS) is 14.3. The fraction of sp³-hybridized carbons (Fsp3) is 0.889. The minimum Gasteiger partial charge on any atom is -0.481 e. The van der Waals surface area contributed by atoms with Crippen LogP contribution in [0.5, 0.6) is 0 Å². The lowest BCUT2D eigenvalue weighted by molar-refractivity contribution is -0.139. The van der Waals surface area contributed by atoms with E-state index in [0.29, 0.717) is 6.61 Å². The highest BCUT2D eigenvalue weighted by Gasteiger charge is 2.14. The molecular formula is C9H18O3. The van der Waals surface area contributed by atoms with Crippen LogP contribution in [-0.2, 0) is 9.53 Å².